The average molecular weight is 314 g/mol. The summed E-state index contributed by atoms with van der Waals surface area (Å²) in [5.41, 5.74) is 3.12. The van der Waals surface area contributed by atoms with Gasteiger partial charge in [0.1, 0.15) is 5.69 Å². The van der Waals surface area contributed by atoms with Crippen molar-refractivity contribution in [2.45, 2.75) is 33.7 Å². The molecule has 0 aliphatic rings. The Balaban J connectivity index is 2.21. The number of aryl methyl sites for hydroxylation is 1. The predicted molar refractivity (Wildman–Crippen MR) is 88.5 cm³/mol. The second kappa shape index (κ2) is 7.13. The zero-order valence-electron chi connectivity index (χ0n) is 13.9. The van der Waals surface area contributed by atoms with Crippen LogP contribution in [0.5, 0.6) is 0 Å². The van der Waals surface area contributed by atoms with Crippen LogP contribution < -0.4 is 5.32 Å². The number of hydrogen-bond acceptors (Lipinski definition) is 3. The van der Waals surface area contributed by atoms with Gasteiger partial charge in [-0.3, -0.25) is 4.79 Å². The van der Waals surface area contributed by atoms with E-state index >= 15 is 0 Å². The maximum atomic E-state index is 12.6. The first-order valence-electron chi connectivity index (χ1n) is 7.67. The quantitative estimate of drug-likeness (QED) is 0.832. The maximum Gasteiger partial charge on any atom is 0.355 e. The molecule has 1 amide bonds. The molecule has 5 nitrogen and oxygen atoms in total. The summed E-state index contributed by atoms with van der Waals surface area (Å²) < 4.78 is 5.01. The number of rotatable bonds is 5. The summed E-state index contributed by atoms with van der Waals surface area (Å²) in [6.45, 7) is 7.49. The van der Waals surface area contributed by atoms with Crippen LogP contribution in [-0.4, -0.2) is 23.5 Å². The lowest BCUT2D eigenvalue weighted by molar-refractivity contribution is 0.0519. The third-order valence-electron chi connectivity index (χ3n) is 3.79. The van der Waals surface area contributed by atoms with E-state index in [4.69, 9.17) is 4.74 Å². The Morgan fingerprint density at radius 3 is 2.48 bits per heavy atom. The van der Waals surface area contributed by atoms with Crippen LogP contribution in [0.2, 0.25) is 0 Å². The van der Waals surface area contributed by atoms with Crippen LogP contribution >= 0.6 is 0 Å². The molecule has 0 unspecified atom stereocenters. The molecule has 0 fully saturated rings. The Morgan fingerprint density at radius 1 is 1.22 bits per heavy atom. The van der Waals surface area contributed by atoms with Gasteiger partial charge in [-0.05, 0) is 38.8 Å². The molecular weight excluding hydrogens is 292 g/mol. The number of ether oxygens (including phenoxy) is 1. The lowest BCUT2D eigenvalue weighted by Crippen LogP contribution is -2.27. The SMILES string of the molecule is CCOC(=O)c1[nH]c(C)c(C(=O)N[C@H](C)c2ccccc2)c1C. The Kier molecular flexibility index (Phi) is 5.21. The van der Waals surface area contributed by atoms with E-state index in [-0.39, 0.29) is 11.9 Å². The van der Waals surface area contributed by atoms with Crippen molar-refractivity contribution >= 4 is 11.9 Å². The van der Waals surface area contributed by atoms with E-state index < -0.39 is 5.97 Å². The van der Waals surface area contributed by atoms with Gasteiger partial charge in [0.2, 0.25) is 0 Å². The minimum absolute atomic E-state index is 0.122. The largest absolute Gasteiger partial charge is 0.461 e. The number of carbonyl (C=O) groups excluding carboxylic acids is 2. The summed E-state index contributed by atoms with van der Waals surface area (Å²) in [5, 5.41) is 2.97. The van der Waals surface area contributed by atoms with Crippen molar-refractivity contribution < 1.29 is 14.3 Å². The van der Waals surface area contributed by atoms with E-state index in [2.05, 4.69) is 10.3 Å². The van der Waals surface area contributed by atoms with Crippen molar-refractivity contribution in [1.29, 1.82) is 0 Å². The van der Waals surface area contributed by atoms with E-state index in [0.717, 1.165) is 5.56 Å². The van der Waals surface area contributed by atoms with E-state index in [1.54, 1.807) is 20.8 Å². The molecule has 0 saturated heterocycles. The molecular formula is C18H22N2O3. The Bertz CT molecular complexity index is 705. The third-order valence-corrected chi connectivity index (χ3v) is 3.79. The highest BCUT2D eigenvalue weighted by Gasteiger charge is 2.23. The van der Waals surface area contributed by atoms with Crippen LogP contribution in [0.25, 0.3) is 0 Å². The van der Waals surface area contributed by atoms with Crippen molar-refractivity contribution in [2.75, 3.05) is 6.61 Å². The van der Waals surface area contributed by atoms with E-state index in [1.807, 2.05) is 37.3 Å². The molecule has 2 aromatic rings. The highest BCUT2D eigenvalue weighted by atomic mass is 16.5. The van der Waals surface area contributed by atoms with E-state index in [9.17, 15) is 9.59 Å². The number of carbonyl (C=O) groups is 2. The summed E-state index contributed by atoms with van der Waals surface area (Å²) >= 11 is 0. The minimum atomic E-state index is -0.441. The first-order chi connectivity index (χ1) is 11.0. The summed E-state index contributed by atoms with van der Waals surface area (Å²) in [6, 6.07) is 9.61. The summed E-state index contributed by atoms with van der Waals surface area (Å²) in [4.78, 5) is 27.4. The lowest BCUT2D eigenvalue weighted by atomic mass is 10.1. The molecule has 0 spiro atoms. The van der Waals surface area contributed by atoms with Crippen LogP contribution in [0, 0.1) is 13.8 Å². The molecule has 1 aromatic carbocycles. The first kappa shape index (κ1) is 16.8. The van der Waals surface area contributed by atoms with Crippen LogP contribution in [0.15, 0.2) is 30.3 Å². The van der Waals surface area contributed by atoms with Crippen molar-refractivity contribution in [2.24, 2.45) is 0 Å². The standard InChI is InChI=1S/C18H22N2O3/c1-5-23-18(22)16-11(2)15(13(4)19-16)17(21)20-12(3)14-9-7-6-8-10-14/h6-10,12,19H,5H2,1-4H3,(H,20,21)/t12-/m1/s1. The summed E-state index contributed by atoms with van der Waals surface area (Å²) in [5.74, 6) is -0.647. The van der Waals surface area contributed by atoms with Crippen LogP contribution in [-0.2, 0) is 4.74 Å². The van der Waals surface area contributed by atoms with Crippen LogP contribution in [0.4, 0.5) is 0 Å². The summed E-state index contributed by atoms with van der Waals surface area (Å²) in [7, 11) is 0. The molecule has 2 rings (SSSR count). The summed E-state index contributed by atoms with van der Waals surface area (Å²) in [6.07, 6.45) is 0. The molecule has 1 heterocycles. The number of aromatic amines is 1. The molecule has 0 aliphatic heterocycles. The number of aromatic nitrogens is 1. The molecule has 1 aromatic heterocycles. The van der Waals surface area contributed by atoms with Crippen molar-refractivity contribution in [3.05, 3.63) is 58.4 Å². The number of amides is 1. The van der Waals surface area contributed by atoms with Gasteiger partial charge in [-0.1, -0.05) is 30.3 Å². The highest BCUT2D eigenvalue weighted by Crippen LogP contribution is 2.20. The predicted octanol–water partition coefficient (Wildman–Crippen LogP) is 3.30. The van der Waals surface area contributed by atoms with Gasteiger partial charge in [0.15, 0.2) is 0 Å². The fourth-order valence-electron chi connectivity index (χ4n) is 2.59. The molecule has 23 heavy (non-hydrogen) atoms. The number of esters is 1. The topological polar surface area (TPSA) is 71.2 Å². The van der Waals surface area contributed by atoms with Gasteiger partial charge >= 0.3 is 5.97 Å². The van der Waals surface area contributed by atoms with E-state index in [0.29, 0.717) is 29.1 Å². The Morgan fingerprint density at radius 2 is 1.87 bits per heavy atom. The van der Waals surface area contributed by atoms with Gasteiger partial charge in [-0.15, -0.1) is 0 Å². The minimum Gasteiger partial charge on any atom is -0.461 e. The molecule has 122 valence electrons. The molecule has 0 saturated carbocycles. The zero-order valence-corrected chi connectivity index (χ0v) is 13.9. The zero-order chi connectivity index (χ0) is 17.0. The van der Waals surface area contributed by atoms with Gasteiger partial charge in [0.25, 0.3) is 5.91 Å². The van der Waals surface area contributed by atoms with Crippen LogP contribution in [0.3, 0.4) is 0 Å². The normalized spacial score (nSPS) is 11.8. The number of hydrogen-bond donors (Lipinski definition) is 2. The smallest absolute Gasteiger partial charge is 0.355 e. The van der Waals surface area contributed by atoms with Crippen molar-refractivity contribution in [3.63, 3.8) is 0 Å². The number of nitrogens with one attached hydrogen (secondary N) is 2. The molecule has 0 aliphatic carbocycles. The number of benzene rings is 1. The van der Waals surface area contributed by atoms with Crippen molar-refractivity contribution in [3.8, 4) is 0 Å². The van der Waals surface area contributed by atoms with Gasteiger partial charge in [0.05, 0.1) is 18.2 Å². The Labute approximate surface area is 136 Å². The molecule has 0 radical (unpaired) electrons. The highest BCUT2D eigenvalue weighted by molar-refractivity contribution is 6.01. The number of H-pyrrole nitrogens is 1. The maximum absolute atomic E-state index is 12.6. The molecule has 2 N–H and O–H groups in total. The van der Waals surface area contributed by atoms with Crippen LogP contribution in [0.1, 0.15) is 57.6 Å². The molecule has 0 bridgehead atoms. The Hall–Kier alpha value is -2.56. The second-order valence-electron chi connectivity index (χ2n) is 5.45. The second-order valence-corrected chi connectivity index (χ2v) is 5.45. The molecule has 5 heteroatoms. The van der Waals surface area contributed by atoms with Gasteiger partial charge in [-0.2, -0.15) is 0 Å². The third kappa shape index (κ3) is 3.62. The fourth-order valence-corrected chi connectivity index (χ4v) is 2.59. The van der Waals surface area contributed by atoms with Gasteiger partial charge < -0.3 is 15.0 Å². The average Bonchev–Trinajstić information content (AvgIpc) is 2.83. The first-order valence-corrected chi connectivity index (χ1v) is 7.67. The monoisotopic (exact) mass is 314 g/mol. The molecule has 1 atom stereocenters. The van der Waals surface area contributed by atoms with Crippen molar-refractivity contribution in [1.82, 2.24) is 10.3 Å². The van der Waals surface area contributed by atoms with Gasteiger partial charge in [0, 0.05) is 5.69 Å². The fraction of sp³-hybridized carbons (Fsp3) is 0.333. The van der Waals surface area contributed by atoms with E-state index in [1.165, 1.54) is 0 Å². The van der Waals surface area contributed by atoms with Gasteiger partial charge in [-0.25, -0.2) is 4.79 Å². The lowest BCUT2D eigenvalue weighted by Gasteiger charge is -2.14.